The second-order valence-corrected chi connectivity index (χ2v) is 16.8. The molecule has 4 aliphatic rings. The van der Waals surface area contributed by atoms with Gasteiger partial charge in [0.05, 0.1) is 74.5 Å². The van der Waals surface area contributed by atoms with E-state index in [1.54, 1.807) is 33.9 Å². The lowest BCUT2D eigenvalue weighted by Gasteiger charge is -2.30. The van der Waals surface area contributed by atoms with Crippen LogP contribution >= 0.6 is 0 Å². The van der Waals surface area contributed by atoms with Gasteiger partial charge >= 0.3 is 12.2 Å². The van der Waals surface area contributed by atoms with Crippen LogP contribution in [-0.2, 0) is 25.5 Å². The summed E-state index contributed by atoms with van der Waals surface area (Å²) in [6.07, 6.45) is 0.720. The number of alkyl halides is 4. The lowest BCUT2D eigenvalue weighted by molar-refractivity contribution is -0.137. The fourth-order valence-corrected chi connectivity index (χ4v) is 8.82. The van der Waals surface area contributed by atoms with Gasteiger partial charge in [-0.2, -0.15) is 0 Å². The number of fused-ring (bicyclic) bond motifs is 2. The van der Waals surface area contributed by atoms with Crippen molar-refractivity contribution in [1.29, 1.82) is 0 Å². The number of rotatable bonds is 10. The number of halogens is 4. The molecule has 4 aromatic rings. The van der Waals surface area contributed by atoms with E-state index in [4.69, 9.17) is 4.74 Å². The van der Waals surface area contributed by atoms with Gasteiger partial charge in [0.2, 0.25) is 11.8 Å². The third-order valence-electron chi connectivity index (χ3n) is 11.9. The molecular formula is C42H47F4N9O7. The highest BCUT2D eigenvalue weighted by Gasteiger charge is 2.52. The maximum Gasteiger partial charge on any atom is 0.407 e. The number of carbonyl (C=O) groups excluding carboxylic acids is 4. The summed E-state index contributed by atoms with van der Waals surface area (Å²) in [5.74, 6) is -7.01. The minimum atomic E-state index is -3.18. The average Bonchev–Trinajstić information content (AvgIpc) is 4.08. The first-order valence-corrected chi connectivity index (χ1v) is 20.3. The number of benzene rings is 2. The smallest absolute Gasteiger partial charge is 0.407 e. The second kappa shape index (κ2) is 15.8. The van der Waals surface area contributed by atoms with Crippen LogP contribution in [0.25, 0.3) is 22.5 Å². The van der Waals surface area contributed by atoms with Crippen molar-refractivity contribution in [2.45, 2.75) is 83.0 Å². The first-order valence-electron chi connectivity index (χ1n) is 20.3. The lowest BCUT2D eigenvalue weighted by Crippen LogP contribution is -2.51. The Labute approximate surface area is 353 Å². The van der Waals surface area contributed by atoms with Gasteiger partial charge in [-0.1, -0.05) is 33.8 Å². The summed E-state index contributed by atoms with van der Waals surface area (Å²) in [5, 5.41) is 4.94. The van der Waals surface area contributed by atoms with E-state index in [0.717, 1.165) is 46.5 Å². The highest BCUT2D eigenvalue weighted by atomic mass is 19.3. The summed E-state index contributed by atoms with van der Waals surface area (Å²) in [7, 11) is 2.31. The number of ether oxygens (including phenoxy) is 3. The minimum absolute atomic E-state index is 0.171. The monoisotopic (exact) mass is 865 g/mol. The van der Waals surface area contributed by atoms with Crippen LogP contribution in [0, 0.1) is 11.8 Å². The van der Waals surface area contributed by atoms with E-state index in [-0.39, 0.29) is 11.6 Å². The molecule has 2 saturated heterocycles. The van der Waals surface area contributed by atoms with Crippen molar-refractivity contribution in [3.05, 3.63) is 59.9 Å². The average molecular weight is 866 g/mol. The predicted octanol–water partition coefficient (Wildman–Crippen LogP) is 6.85. The zero-order valence-corrected chi connectivity index (χ0v) is 34.9. The lowest BCUT2D eigenvalue weighted by atomic mass is 10.0. The first-order chi connectivity index (χ1) is 29.4. The van der Waals surface area contributed by atoms with Crippen molar-refractivity contribution < 1.29 is 51.0 Å². The van der Waals surface area contributed by atoms with Gasteiger partial charge < -0.3 is 49.5 Å². The topological polar surface area (TPSA) is 187 Å². The van der Waals surface area contributed by atoms with Crippen molar-refractivity contribution in [3.63, 3.8) is 0 Å². The number of anilines is 2. The first kappa shape index (κ1) is 42.4. The number of nitrogens with zero attached hydrogens (tertiary/aromatic N) is 5. The third kappa shape index (κ3) is 7.74. The molecule has 4 aliphatic heterocycles. The largest absolute Gasteiger partial charge is 0.453 e. The highest BCUT2D eigenvalue weighted by Crippen LogP contribution is 2.54. The molecule has 0 radical (unpaired) electrons. The number of methoxy groups -OCH3 is 2. The van der Waals surface area contributed by atoms with E-state index in [2.05, 4.69) is 44.9 Å². The van der Waals surface area contributed by atoms with Gasteiger partial charge in [-0.15, -0.1) is 0 Å². The fraction of sp³-hybridized carbons (Fsp3) is 0.476. The van der Waals surface area contributed by atoms with Crippen LogP contribution < -0.4 is 20.3 Å². The minimum Gasteiger partial charge on any atom is -0.453 e. The van der Waals surface area contributed by atoms with Crippen molar-refractivity contribution in [3.8, 4) is 34.0 Å². The Morgan fingerprint density at radius 3 is 1.84 bits per heavy atom. The van der Waals surface area contributed by atoms with Gasteiger partial charge in [0.1, 0.15) is 23.7 Å². The third-order valence-corrected chi connectivity index (χ3v) is 11.9. The van der Waals surface area contributed by atoms with E-state index in [1.165, 1.54) is 6.20 Å². The molecule has 0 spiro atoms. The van der Waals surface area contributed by atoms with E-state index < -0.39 is 97.8 Å². The molecule has 4 amide bonds. The van der Waals surface area contributed by atoms with Crippen LogP contribution in [0.1, 0.15) is 69.8 Å². The van der Waals surface area contributed by atoms with Crippen LogP contribution in [0.4, 0.5) is 38.5 Å². The highest BCUT2D eigenvalue weighted by molar-refractivity contribution is 5.89. The molecule has 4 N–H and O–H groups in total. The number of amides is 4. The molecular weight excluding hydrogens is 819 g/mol. The number of aromatic amines is 2. The van der Waals surface area contributed by atoms with Gasteiger partial charge in [-0.3, -0.25) is 9.59 Å². The zero-order valence-electron chi connectivity index (χ0n) is 34.9. The molecule has 0 bridgehead atoms. The van der Waals surface area contributed by atoms with Crippen LogP contribution in [0.2, 0.25) is 0 Å². The number of hydrogen-bond acceptors (Lipinski definition) is 10. The molecule has 6 heterocycles. The second-order valence-electron chi connectivity index (χ2n) is 16.8. The quantitative estimate of drug-likeness (QED) is 0.123. The summed E-state index contributed by atoms with van der Waals surface area (Å²) < 4.78 is 75.5. The van der Waals surface area contributed by atoms with Gasteiger partial charge in [0.25, 0.3) is 11.8 Å². The summed E-state index contributed by atoms with van der Waals surface area (Å²) in [6.45, 7) is 5.74. The Morgan fingerprint density at radius 2 is 1.31 bits per heavy atom. The Hall–Kier alpha value is -6.34. The summed E-state index contributed by atoms with van der Waals surface area (Å²) in [4.78, 5) is 70.7. The van der Waals surface area contributed by atoms with E-state index >= 15 is 0 Å². The zero-order chi connectivity index (χ0) is 44.4. The van der Waals surface area contributed by atoms with Crippen molar-refractivity contribution in [1.82, 2.24) is 40.4 Å². The number of alkyl carbamates (subject to hydrolysis) is 2. The normalized spacial score (nSPS) is 20.4. The van der Waals surface area contributed by atoms with Gasteiger partial charge in [0.15, 0.2) is 11.5 Å². The van der Waals surface area contributed by atoms with Gasteiger partial charge in [0, 0.05) is 30.5 Å². The molecule has 20 heteroatoms. The van der Waals surface area contributed by atoms with E-state index in [0.29, 0.717) is 41.4 Å². The van der Waals surface area contributed by atoms with E-state index in [1.807, 2.05) is 30.3 Å². The SMILES string of the molecule is COC(=O)N[C@H](C(=O)N1CC(F)(F)C[C@H]1c1ncc(-c2ccc3c(c2)Oc2ccc(-c4cnc([C@@H]5CC(F)(F)CN5C(=O)[C@@H](NC(=O)OC)C(C)C)[nH]4)c4c2N3CC4)[nH]1)C(C)C. The summed E-state index contributed by atoms with van der Waals surface area (Å²) >= 11 is 0. The number of imidazole rings is 2. The molecule has 330 valence electrons. The number of nitrogens with one attached hydrogen (secondary N) is 4. The maximum absolute atomic E-state index is 15.0. The maximum atomic E-state index is 15.0. The number of carbonyl (C=O) groups is 4. The molecule has 8 rings (SSSR count). The van der Waals surface area contributed by atoms with Crippen LogP contribution in [0.5, 0.6) is 11.5 Å². The molecule has 0 aliphatic carbocycles. The van der Waals surface area contributed by atoms with Crippen LogP contribution in [0.15, 0.2) is 42.7 Å². The molecule has 2 fully saturated rings. The summed E-state index contributed by atoms with van der Waals surface area (Å²) in [6, 6.07) is 4.90. The Morgan fingerprint density at radius 1 is 0.774 bits per heavy atom. The molecule has 2 aromatic heterocycles. The molecule has 0 unspecified atom stereocenters. The Bertz CT molecular complexity index is 2420. The van der Waals surface area contributed by atoms with E-state index in [9.17, 15) is 36.7 Å². The Balaban J connectivity index is 1.02. The number of likely N-dealkylation sites (tertiary alicyclic amines) is 2. The molecule has 0 saturated carbocycles. The van der Waals surface area contributed by atoms with Gasteiger partial charge in [-0.25, -0.2) is 37.1 Å². The Kier molecular flexibility index (Phi) is 10.8. The van der Waals surface area contributed by atoms with Crippen molar-refractivity contribution >= 4 is 35.4 Å². The summed E-state index contributed by atoms with van der Waals surface area (Å²) in [5.41, 5.74) is 5.12. The number of H-pyrrole nitrogens is 2. The molecule has 16 nitrogen and oxygen atoms in total. The van der Waals surface area contributed by atoms with Crippen LogP contribution in [0.3, 0.4) is 0 Å². The molecule has 2 aromatic carbocycles. The van der Waals surface area contributed by atoms with Gasteiger partial charge in [-0.05, 0) is 48.1 Å². The molecule has 62 heavy (non-hydrogen) atoms. The fourth-order valence-electron chi connectivity index (χ4n) is 8.82. The molecule has 4 atom stereocenters. The van der Waals surface area contributed by atoms with Crippen LogP contribution in [-0.4, -0.2) is 112 Å². The van der Waals surface area contributed by atoms with Crippen molar-refractivity contribution in [2.24, 2.45) is 11.8 Å². The number of aromatic nitrogens is 4. The standard InChI is InChI=1S/C42H47F4N9O7/c1-20(2)32(51-39(58)60-5)37(56)54-18-41(43,44)14-28(54)35-47-16-25(49-35)22-7-9-27-31(13-22)62-30-10-8-23(24-11-12-53(27)34(24)30)26-17-48-36(50-26)29-15-42(45,46)19-55(29)38(57)33(21(3)4)52-40(59)61-6/h7-10,13,16-17,20-21,28-29,32-33H,11-12,14-15,18-19H2,1-6H3,(H,47,49)(H,48,50)(H,51,58)(H,52,59)/t28-,29-,32-,33-/m0/s1. The predicted molar refractivity (Wildman–Crippen MR) is 215 cm³/mol. The number of hydrogen-bond donors (Lipinski definition) is 4. The van der Waals surface area contributed by atoms with Crippen molar-refractivity contribution in [2.75, 3.05) is 38.8 Å².